The Morgan fingerprint density at radius 2 is 1.93 bits per heavy atom. The number of hydrogen-bond acceptors (Lipinski definition) is 5. The second kappa shape index (κ2) is 5.79. The molecule has 5 nitrogen and oxygen atoms in total. The molecule has 1 N–H and O–H groups in total. The summed E-state index contributed by atoms with van der Waals surface area (Å²) >= 11 is 0. The first-order valence-electron chi connectivity index (χ1n) is 11.8. The predicted molar refractivity (Wildman–Crippen MR) is 110 cm³/mol. The third-order valence-electron chi connectivity index (χ3n) is 9.68. The van der Waals surface area contributed by atoms with E-state index < -0.39 is 22.9 Å². The molecule has 30 heavy (non-hydrogen) atoms. The molecular weight excluding hydrogens is 380 g/mol. The second-order valence-electron chi connectivity index (χ2n) is 11.4. The molecule has 1 aromatic rings. The van der Waals surface area contributed by atoms with Crippen LogP contribution in [0.4, 0.5) is 0 Å². The van der Waals surface area contributed by atoms with E-state index in [2.05, 4.69) is 20.8 Å². The van der Waals surface area contributed by atoms with Gasteiger partial charge < -0.3 is 19.0 Å². The minimum Gasteiger partial charge on any atom is -0.469 e. The fourth-order valence-electron chi connectivity index (χ4n) is 8.12. The van der Waals surface area contributed by atoms with Crippen molar-refractivity contribution >= 4 is 5.78 Å². The van der Waals surface area contributed by atoms with E-state index in [4.69, 9.17) is 13.9 Å². The summed E-state index contributed by atoms with van der Waals surface area (Å²) in [6.45, 7) is 10.6. The van der Waals surface area contributed by atoms with Crippen LogP contribution in [0.5, 0.6) is 0 Å². The lowest BCUT2D eigenvalue weighted by molar-refractivity contribution is -0.374. The van der Waals surface area contributed by atoms with Crippen molar-refractivity contribution in [2.45, 2.75) is 83.4 Å². The van der Waals surface area contributed by atoms with Crippen LogP contribution in [-0.2, 0) is 20.7 Å². The van der Waals surface area contributed by atoms with Gasteiger partial charge in [-0.05, 0) is 62.5 Å². The molecule has 1 unspecified atom stereocenters. The Morgan fingerprint density at radius 1 is 1.20 bits per heavy atom. The average molecular weight is 415 g/mol. The van der Waals surface area contributed by atoms with E-state index in [1.807, 2.05) is 19.9 Å². The smallest absolute Gasteiger partial charge is 0.202 e. The maximum absolute atomic E-state index is 14.0. The molecule has 2 bridgehead atoms. The lowest BCUT2D eigenvalue weighted by atomic mass is 9.52. The van der Waals surface area contributed by atoms with Gasteiger partial charge in [-0.1, -0.05) is 20.8 Å². The molecule has 5 fully saturated rings. The Balaban J connectivity index is 1.47. The van der Waals surface area contributed by atoms with Crippen molar-refractivity contribution in [1.82, 2.24) is 0 Å². The van der Waals surface area contributed by atoms with E-state index in [0.29, 0.717) is 24.7 Å². The van der Waals surface area contributed by atoms with Gasteiger partial charge in [0.2, 0.25) is 5.79 Å². The summed E-state index contributed by atoms with van der Waals surface area (Å²) in [6.07, 6.45) is 4.92. The van der Waals surface area contributed by atoms with Gasteiger partial charge in [-0.15, -0.1) is 0 Å². The quantitative estimate of drug-likeness (QED) is 0.809. The molecular formula is C25H34O5. The van der Waals surface area contributed by atoms with Crippen molar-refractivity contribution in [2.24, 2.45) is 41.4 Å². The number of rotatable bonds is 4. The lowest BCUT2D eigenvalue weighted by Gasteiger charge is -2.58. The zero-order valence-electron chi connectivity index (χ0n) is 18.7. The van der Waals surface area contributed by atoms with Gasteiger partial charge in [0.15, 0.2) is 0 Å². The Kier molecular flexibility index (Phi) is 3.76. The maximum Gasteiger partial charge on any atom is 0.202 e. The minimum atomic E-state index is -1.26. The van der Waals surface area contributed by atoms with E-state index in [1.165, 1.54) is 0 Å². The number of ketones is 1. The third kappa shape index (κ3) is 2.08. The van der Waals surface area contributed by atoms with Gasteiger partial charge in [-0.3, -0.25) is 4.79 Å². The maximum atomic E-state index is 14.0. The highest BCUT2D eigenvalue weighted by Crippen LogP contribution is 2.72. The molecule has 6 rings (SSSR count). The van der Waals surface area contributed by atoms with E-state index in [1.54, 1.807) is 6.26 Å². The van der Waals surface area contributed by atoms with Crippen LogP contribution in [0.3, 0.4) is 0 Å². The molecule has 3 aliphatic carbocycles. The van der Waals surface area contributed by atoms with Crippen molar-refractivity contribution in [2.75, 3.05) is 0 Å². The molecule has 2 aliphatic heterocycles. The van der Waals surface area contributed by atoms with Crippen LogP contribution < -0.4 is 0 Å². The van der Waals surface area contributed by atoms with Gasteiger partial charge in [0.05, 0.1) is 23.9 Å². The molecule has 0 amide bonds. The summed E-state index contributed by atoms with van der Waals surface area (Å²) in [6, 6.07) is 1.97. The molecule has 0 aromatic carbocycles. The molecule has 2 saturated heterocycles. The third-order valence-corrected chi connectivity index (χ3v) is 9.68. The van der Waals surface area contributed by atoms with Crippen LogP contribution in [0.1, 0.15) is 58.3 Å². The molecule has 5 aliphatic rings. The molecule has 0 spiro atoms. The molecule has 164 valence electrons. The van der Waals surface area contributed by atoms with E-state index >= 15 is 0 Å². The van der Waals surface area contributed by atoms with Crippen LogP contribution in [-0.4, -0.2) is 34.0 Å². The summed E-state index contributed by atoms with van der Waals surface area (Å²) in [7, 11) is 0. The topological polar surface area (TPSA) is 68.9 Å². The van der Waals surface area contributed by atoms with Crippen molar-refractivity contribution in [3.8, 4) is 0 Å². The average Bonchev–Trinajstić information content (AvgIpc) is 3.01. The van der Waals surface area contributed by atoms with Crippen LogP contribution in [0, 0.1) is 48.3 Å². The monoisotopic (exact) mass is 414 g/mol. The number of ether oxygens (including phenoxy) is 2. The van der Waals surface area contributed by atoms with Gasteiger partial charge >= 0.3 is 0 Å². The van der Waals surface area contributed by atoms with Gasteiger partial charge in [0.1, 0.15) is 17.1 Å². The van der Waals surface area contributed by atoms with Gasteiger partial charge in [-0.2, -0.15) is 0 Å². The molecule has 3 heterocycles. The number of aliphatic hydroxyl groups is 1. The summed E-state index contributed by atoms with van der Waals surface area (Å²) in [5, 5.41) is 12.4. The lowest BCUT2D eigenvalue weighted by Crippen LogP contribution is -2.73. The number of Topliss-reactive ketones (excluding diaryl/α,β-unsaturated/α-hetero) is 1. The Hall–Kier alpha value is -1.17. The van der Waals surface area contributed by atoms with Gasteiger partial charge in [0.25, 0.3) is 0 Å². The Labute approximate surface area is 178 Å². The zero-order valence-corrected chi connectivity index (χ0v) is 18.7. The van der Waals surface area contributed by atoms with Crippen molar-refractivity contribution in [1.29, 1.82) is 0 Å². The highest BCUT2D eigenvalue weighted by molar-refractivity contribution is 5.89. The summed E-state index contributed by atoms with van der Waals surface area (Å²) < 4.78 is 19.4. The number of hydrogen-bond donors (Lipinski definition) is 1. The number of carbonyl (C=O) groups is 1. The first-order chi connectivity index (χ1) is 14.1. The van der Waals surface area contributed by atoms with Crippen molar-refractivity contribution in [3.63, 3.8) is 0 Å². The van der Waals surface area contributed by atoms with Crippen LogP contribution in [0.2, 0.25) is 0 Å². The Morgan fingerprint density at radius 3 is 2.57 bits per heavy atom. The Bertz CT molecular complexity index is 907. The highest BCUT2D eigenvalue weighted by atomic mass is 16.7. The summed E-state index contributed by atoms with van der Waals surface area (Å²) in [5.41, 5.74) is -0.907. The van der Waals surface area contributed by atoms with Crippen molar-refractivity contribution < 1.29 is 23.8 Å². The largest absolute Gasteiger partial charge is 0.469 e. The molecule has 11 atom stereocenters. The molecule has 0 radical (unpaired) electrons. The fraction of sp³-hybridized carbons (Fsp3) is 0.800. The van der Waals surface area contributed by atoms with Gasteiger partial charge in [-0.25, -0.2) is 0 Å². The highest BCUT2D eigenvalue weighted by Gasteiger charge is 2.85. The SMILES string of the molecule is Cc1ccoc1CC[C@@]1(C)O[C@@]2(C3C[C@@H]3C)O[C@H]3C[C@H](C)[C@H]4C(=O)[C@@H]1[C@]2(O)[C@H](C)[C@H]43. The van der Waals surface area contributed by atoms with Gasteiger partial charge in [0, 0.05) is 24.2 Å². The molecule has 5 heteroatoms. The summed E-state index contributed by atoms with van der Waals surface area (Å²) in [4.78, 5) is 14.0. The number of aryl methyl sites for hydroxylation is 2. The fourth-order valence-corrected chi connectivity index (χ4v) is 8.12. The molecule has 1 aromatic heterocycles. The van der Waals surface area contributed by atoms with Crippen LogP contribution >= 0.6 is 0 Å². The van der Waals surface area contributed by atoms with E-state index in [0.717, 1.165) is 24.2 Å². The van der Waals surface area contributed by atoms with Crippen molar-refractivity contribution in [3.05, 3.63) is 23.7 Å². The van der Waals surface area contributed by atoms with E-state index in [9.17, 15) is 9.90 Å². The van der Waals surface area contributed by atoms with Crippen LogP contribution in [0.15, 0.2) is 16.7 Å². The van der Waals surface area contributed by atoms with Crippen LogP contribution in [0.25, 0.3) is 0 Å². The van der Waals surface area contributed by atoms with E-state index in [-0.39, 0.29) is 35.6 Å². The first kappa shape index (κ1) is 19.5. The number of furan rings is 1. The normalized spacial score (nSPS) is 55.9. The predicted octanol–water partition coefficient (Wildman–Crippen LogP) is 3.90. The zero-order chi connectivity index (χ0) is 21.2. The number of carbonyl (C=O) groups excluding carboxylic acids is 1. The standard InChI is InChI=1S/C25H34O5/c1-12-7-9-28-17(12)6-8-23(5)22-21(26)19-14(3)11-18-20(19)15(4)24(22,27)25(29-18,30-23)16-10-13(16)2/h7,9,13-16,18-20,22,27H,6,8,10-11H2,1-5H3/t13-,14-,15+,16?,18-,19+,20-,22-,23+,24+,25+/m0/s1. The first-order valence-corrected chi connectivity index (χ1v) is 11.8. The second-order valence-corrected chi connectivity index (χ2v) is 11.4. The molecule has 3 saturated carbocycles. The summed E-state index contributed by atoms with van der Waals surface area (Å²) in [5.74, 6) is 0.498. The minimum absolute atomic E-state index is 0.00567.